The molecule has 1 heterocycles. The maximum Gasteiger partial charge on any atom is 0.244 e. The average molecular weight is 469 g/mol. The normalized spacial score (nSPS) is 22.6. The second-order valence-corrected chi connectivity index (χ2v) is 8.68. The van der Waals surface area contributed by atoms with Crippen LogP contribution in [0.1, 0.15) is 36.8 Å². The van der Waals surface area contributed by atoms with Crippen molar-refractivity contribution in [2.24, 2.45) is 9.98 Å². The third-order valence-corrected chi connectivity index (χ3v) is 5.46. The summed E-state index contributed by atoms with van der Waals surface area (Å²) in [5.74, 6) is -0.480. The Labute approximate surface area is 204 Å². The summed E-state index contributed by atoms with van der Waals surface area (Å²) in [5.41, 5.74) is 2.18. The zero-order chi connectivity index (χ0) is 24.4. The summed E-state index contributed by atoms with van der Waals surface area (Å²) in [6, 6.07) is 8.26. The van der Waals surface area contributed by atoms with Gasteiger partial charge in [0.15, 0.2) is 0 Å². The topological polar surface area (TPSA) is 89.4 Å². The van der Waals surface area contributed by atoms with E-state index in [4.69, 9.17) is 0 Å². The Morgan fingerprint density at radius 2 is 1.15 bits per heavy atom. The van der Waals surface area contributed by atoms with Gasteiger partial charge in [-0.25, -0.2) is 0 Å². The summed E-state index contributed by atoms with van der Waals surface area (Å²) in [4.78, 5) is 37.4. The number of amides is 2. The molecule has 2 N–H and O–H groups in total. The first-order valence-electron chi connectivity index (χ1n) is 12.2. The molecule has 0 fully saturated rings. The van der Waals surface area contributed by atoms with Crippen molar-refractivity contribution in [3.8, 4) is 0 Å². The molecule has 0 aromatic heterocycles. The predicted molar refractivity (Wildman–Crippen MR) is 140 cm³/mol. The summed E-state index contributed by atoms with van der Waals surface area (Å²) < 4.78 is 0. The van der Waals surface area contributed by atoms with E-state index in [2.05, 4.69) is 62.7 Å². The lowest BCUT2D eigenvalue weighted by Gasteiger charge is -2.15. The van der Waals surface area contributed by atoms with Gasteiger partial charge < -0.3 is 20.4 Å². The zero-order valence-electron chi connectivity index (χ0n) is 20.7. The Balaban J connectivity index is 1.88. The maximum atomic E-state index is 11.9. The van der Waals surface area contributed by atoms with Crippen LogP contribution in [0, 0.1) is 0 Å². The van der Waals surface area contributed by atoms with Crippen LogP contribution in [0.15, 0.2) is 46.4 Å². The number of benzene rings is 1. The first-order chi connectivity index (χ1) is 16.5. The maximum absolute atomic E-state index is 11.9. The molecule has 0 atom stereocenters. The van der Waals surface area contributed by atoms with Gasteiger partial charge in [-0.2, -0.15) is 0 Å². The third kappa shape index (κ3) is 13.0. The summed E-state index contributed by atoms with van der Waals surface area (Å²) in [6.07, 6.45) is 10.1. The van der Waals surface area contributed by atoms with Crippen LogP contribution in [0.5, 0.6) is 0 Å². The van der Waals surface area contributed by atoms with E-state index in [-0.39, 0.29) is 11.8 Å². The van der Waals surface area contributed by atoms with Gasteiger partial charge in [0.2, 0.25) is 11.8 Å². The smallest absolute Gasteiger partial charge is 0.244 e. The summed E-state index contributed by atoms with van der Waals surface area (Å²) in [7, 11) is 4.15. The number of aliphatic imine (C=N–C) groups is 2. The molecule has 0 spiro atoms. The highest BCUT2D eigenvalue weighted by molar-refractivity contribution is 5.96. The highest BCUT2D eigenvalue weighted by atomic mass is 16.2. The standard InChI is InChI=1S/C26H40N6O2/c1-31-16-4-12-27-21-23-8-3-9-24(20-23)22-28-13-5-17-32(2)19-7-15-30-26(34)11-10-25(33)29-14-6-18-31/h3,8-11,20-22H,4-7,12-19H2,1-2H3,(H,29,33)(H,30,34)/b11-10-,27-21+,28-22+. The minimum Gasteiger partial charge on any atom is -0.353 e. The van der Waals surface area contributed by atoms with E-state index in [0.29, 0.717) is 13.1 Å². The van der Waals surface area contributed by atoms with Crippen molar-refractivity contribution in [1.82, 2.24) is 20.4 Å². The molecule has 186 valence electrons. The summed E-state index contributed by atoms with van der Waals surface area (Å²) >= 11 is 0. The molecular weight excluding hydrogens is 428 g/mol. The molecule has 1 aliphatic heterocycles. The molecule has 2 amide bonds. The van der Waals surface area contributed by atoms with E-state index in [9.17, 15) is 9.59 Å². The SMILES string of the molecule is CN1CCC/N=C/c2cccc(c2)/C=N/CCCN(C)CCCNC(=O)/C=C\C(=O)NCCC1. The van der Waals surface area contributed by atoms with Gasteiger partial charge >= 0.3 is 0 Å². The van der Waals surface area contributed by atoms with Crippen LogP contribution in [0.3, 0.4) is 0 Å². The fourth-order valence-electron chi connectivity index (χ4n) is 3.54. The number of carbonyl (C=O) groups excluding carboxylic acids is 2. The molecule has 8 nitrogen and oxygen atoms in total. The van der Waals surface area contributed by atoms with Crippen LogP contribution in [0.2, 0.25) is 0 Å². The highest BCUT2D eigenvalue weighted by Gasteiger charge is 2.02. The fourth-order valence-corrected chi connectivity index (χ4v) is 3.54. The molecule has 0 saturated heterocycles. The van der Waals surface area contributed by atoms with Gasteiger partial charge in [0.1, 0.15) is 0 Å². The molecule has 0 unspecified atom stereocenters. The van der Waals surface area contributed by atoms with Crippen LogP contribution in [-0.4, -0.2) is 100 Å². The van der Waals surface area contributed by atoms with E-state index in [1.807, 2.05) is 18.5 Å². The minimum atomic E-state index is -0.240. The van der Waals surface area contributed by atoms with Crippen LogP contribution >= 0.6 is 0 Å². The number of fused-ring (bicyclic) bond motifs is 2. The van der Waals surface area contributed by atoms with Crippen LogP contribution in [0.4, 0.5) is 0 Å². The molecule has 2 rings (SSSR count). The van der Waals surface area contributed by atoms with Crippen LogP contribution in [0.25, 0.3) is 0 Å². The van der Waals surface area contributed by atoms with E-state index >= 15 is 0 Å². The number of hydrogen-bond acceptors (Lipinski definition) is 6. The van der Waals surface area contributed by atoms with Crippen LogP contribution in [-0.2, 0) is 9.59 Å². The van der Waals surface area contributed by atoms with Crippen molar-refractivity contribution >= 4 is 24.2 Å². The Morgan fingerprint density at radius 3 is 1.62 bits per heavy atom. The van der Waals surface area contributed by atoms with E-state index in [1.165, 1.54) is 12.2 Å². The van der Waals surface area contributed by atoms with Crippen LogP contribution < -0.4 is 10.6 Å². The number of nitrogens with zero attached hydrogens (tertiary/aromatic N) is 4. The molecule has 1 aromatic carbocycles. The first-order valence-corrected chi connectivity index (χ1v) is 12.2. The van der Waals surface area contributed by atoms with Crippen molar-refractivity contribution in [2.45, 2.75) is 25.7 Å². The molecule has 34 heavy (non-hydrogen) atoms. The van der Waals surface area contributed by atoms with E-state index < -0.39 is 0 Å². The second-order valence-electron chi connectivity index (χ2n) is 8.68. The molecule has 0 aliphatic carbocycles. The Hall–Kier alpha value is -2.84. The largest absolute Gasteiger partial charge is 0.353 e. The number of carbonyl (C=O) groups is 2. The van der Waals surface area contributed by atoms with Gasteiger partial charge in [0.05, 0.1) is 0 Å². The second kappa shape index (κ2) is 16.7. The molecule has 0 radical (unpaired) electrons. The first kappa shape index (κ1) is 27.4. The molecular formula is C26H40N6O2. The van der Waals surface area contributed by atoms with Crippen molar-refractivity contribution in [1.29, 1.82) is 0 Å². The lowest BCUT2D eigenvalue weighted by molar-refractivity contribution is -0.118. The van der Waals surface area contributed by atoms with Crippen molar-refractivity contribution < 1.29 is 9.59 Å². The lowest BCUT2D eigenvalue weighted by atomic mass is 10.1. The zero-order valence-corrected chi connectivity index (χ0v) is 20.7. The molecule has 2 bridgehead atoms. The number of rotatable bonds is 0. The molecule has 1 aromatic rings. The Kier molecular flexibility index (Phi) is 13.5. The predicted octanol–water partition coefficient (Wildman–Crippen LogP) is 1.75. The number of nitrogens with one attached hydrogen (secondary N) is 2. The van der Waals surface area contributed by atoms with Gasteiger partial charge in [-0.15, -0.1) is 0 Å². The van der Waals surface area contributed by atoms with Gasteiger partial charge in [0.25, 0.3) is 0 Å². The monoisotopic (exact) mass is 468 g/mol. The highest BCUT2D eigenvalue weighted by Crippen LogP contribution is 2.02. The van der Waals surface area contributed by atoms with Gasteiger partial charge in [-0.05, 0) is 83.2 Å². The summed E-state index contributed by atoms with van der Waals surface area (Å²) in [6.45, 7) is 6.41. The molecule has 1 aliphatic rings. The van der Waals surface area contributed by atoms with Crippen molar-refractivity contribution in [2.75, 3.05) is 66.5 Å². The van der Waals surface area contributed by atoms with Crippen molar-refractivity contribution in [3.05, 3.63) is 47.5 Å². The Morgan fingerprint density at radius 1 is 0.706 bits per heavy atom. The summed E-state index contributed by atoms with van der Waals surface area (Å²) in [5, 5.41) is 5.65. The van der Waals surface area contributed by atoms with E-state index in [1.54, 1.807) is 0 Å². The third-order valence-electron chi connectivity index (χ3n) is 5.46. The number of hydrogen-bond donors (Lipinski definition) is 2. The fraction of sp³-hybridized carbons (Fsp3) is 0.538. The molecule has 8 heteroatoms. The van der Waals surface area contributed by atoms with Gasteiger partial charge in [-0.3, -0.25) is 19.6 Å². The Bertz CT molecular complexity index is 773. The average Bonchev–Trinajstić information content (AvgIpc) is 2.82. The lowest BCUT2D eigenvalue weighted by Crippen LogP contribution is -2.29. The van der Waals surface area contributed by atoms with E-state index in [0.717, 1.165) is 76.1 Å². The van der Waals surface area contributed by atoms with Gasteiger partial charge in [0, 0.05) is 50.8 Å². The quantitative estimate of drug-likeness (QED) is 0.607. The molecule has 0 saturated carbocycles. The van der Waals surface area contributed by atoms with Crippen molar-refractivity contribution in [3.63, 3.8) is 0 Å². The minimum absolute atomic E-state index is 0.240. The van der Waals surface area contributed by atoms with Gasteiger partial charge in [-0.1, -0.05) is 18.2 Å².